The van der Waals surface area contributed by atoms with Gasteiger partial charge in [0, 0.05) is 37.9 Å². The second-order valence-corrected chi connectivity index (χ2v) is 7.19. The van der Waals surface area contributed by atoms with Crippen molar-refractivity contribution in [3.63, 3.8) is 0 Å². The van der Waals surface area contributed by atoms with Crippen LogP contribution in [-0.2, 0) is 13.2 Å². The van der Waals surface area contributed by atoms with Crippen LogP contribution in [0.25, 0.3) is 0 Å². The molecule has 0 unspecified atom stereocenters. The fraction of sp³-hybridized carbons (Fsp3) is 0.100. The smallest absolute Gasteiger partial charge is 0.124 e. The van der Waals surface area contributed by atoms with E-state index >= 15 is 0 Å². The Balaban J connectivity index is 1.75. The Labute approximate surface area is 165 Å². The summed E-state index contributed by atoms with van der Waals surface area (Å²) in [6.07, 6.45) is 0. The molecule has 0 atom stereocenters. The zero-order valence-electron chi connectivity index (χ0n) is 13.3. The van der Waals surface area contributed by atoms with Gasteiger partial charge >= 0.3 is 0 Å². The number of anilines is 1. The van der Waals surface area contributed by atoms with Crippen molar-refractivity contribution in [2.45, 2.75) is 13.2 Å². The van der Waals surface area contributed by atoms with Crippen molar-refractivity contribution < 1.29 is 4.74 Å². The number of benzene rings is 3. The Morgan fingerprint density at radius 1 is 0.880 bits per heavy atom. The second kappa shape index (κ2) is 8.61. The molecule has 5 heteroatoms. The summed E-state index contributed by atoms with van der Waals surface area (Å²) in [6, 6.07) is 21.4. The monoisotopic (exact) mass is 435 g/mol. The molecule has 0 aromatic heterocycles. The van der Waals surface area contributed by atoms with Gasteiger partial charge in [-0.2, -0.15) is 0 Å². The van der Waals surface area contributed by atoms with E-state index in [1.54, 1.807) is 0 Å². The molecule has 0 aliphatic heterocycles. The molecule has 0 bridgehead atoms. The largest absolute Gasteiger partial charge is 0.488 e. The molecule has 0 amide bonds. The van der Waals surface area contributed by atoms with Crippen LogP contribution >= 0.6 is 39.1 Å². The van der Waals surface area contributed by atoms with Gasteiger partial charge in [0.25, 0.3) is 0 Å². The second-order valence-electron chi connectivity index (χ2n) is 5.46. The summed E-state index contributed by atoms with van der Waals surface area (Å²) in [5.74, 6) is 0.794. The molecular weight excluding hydrogens is 421 g/mol. The highest BCUT2D eigenvalue weighted by atomic mass is 79.9. The Morgan fingerprint density at radius 3 is 2.32 bits per heavy atom. The summed E-state index contributed by atoms with van der Waals surface area (Å²) in [5.41, 5.74) is 2.89. The third kappa shape index (κ3) is 4.91. The summed E-state index contributed by atoms with van der Waals surface area (Å²) in [5, 5.41) is 4.61. The molecule has 1 N–H and O–H groups in total. The number of hydrogen-bond donors (Lipinski definition) is 1. The molecule has 0 saturated carbocycles. The lowest BCUT2D eigenvalue weighted by atomic mass is 10.2. The van der Waals surface area contributed by atoms with Crippen molar-refractivity contribution in [1.82, 2.24) is 0 Å². The van der Waals surface area contributed by atoms with E-state index in [2.05, 4.69) is 21.2 Å². The molecule has 3 rings (SSSR count). The van der Waals surface area contributed by atoms with Gasteiger partial charge in [-0.25, -0.2) is 0 Å². The Bertz CT molecular complexity index is 835. The van der Waals surface area contributed by atoms with Gasteiger partial charge in [-0.3, -0.25) is 0 Å². The average molecular weight is 437 g/mol. The number of para-hydroxylation sites is 1. The van der Waals surface area contributed by atoms with Crippen LogP contribution in [0.1, 0.15) is 11.1 Å². The summed E-state index contributed by atoms with van der Waals surface area (Å²) in [7, 11) is 0. The maximum Gasteiger partial charge on any atom is 0.124 e. The van der Waals surface area contributed by atoms with Crippen LogP contribution in [0.5, 0.6) is 5.75 Å². The summed E-state index contributed by atoms with van der Waals surface area (Å²) in [4.78, 5) is 0. The van der Waals surface area contributed by atoms with Crippen molar-refractivity contribution in [3.8, 4) is 5.75 Å². The summed E-state index contributed by atoms with van der Waals surface area (Å²) >= 11 is 16.0. The molecule has 0 aliphatic carbocycles. The van der Waals surface area contributed by atoms with Crippen molar-refractivity contribution in [3.05, 3.63) is 92.4 Å². The van der Waals surface area contributed by atoms with E-state index in [9.17, 15) is 0 Å². The van der Waals surface area contributed by atoms with E-state index in [-0.39, 0.29) is 0 Å². The van der Waals surface area contributed by atoms with Crippen LogP contribution in [0, 0.1) is 0 Å². The van der Waals surface area contributed by atoms with Gasteiger partial charge in [0.2, 0.25) is 0 Å². The van der Waals surface area contributed by atoms with E-state index in [1.807, 2.05) is 66.7 Å². The minimum atomic E-state index is 0.318. The first kappa shape index (κ1) is 18.1. The molecule has 0 radical (unpaired) electrons. The molecule has 0 saturated heterocycles. The number of halogens is 3. The van der Waals surface area contributed by atoms with E-state index in [4.69, 9.17) is 27.9 Å². The Kier molecular flexibility index (Phi) is 6.24. The van der Waals surface area contributed by atoms with Crippen LogP contribution in [0.15, 0.2) is 71.2 Å². The average Bonchev–Trinajstić information content (AvgIpc) is 2.62. The molecule has 0 fully saturated rings. The Hall–Kier alpha value is -1.68. The third-order valence-electron chi connectivity index (χ3n) is 3.71. The summed E-state index contributed by atoms with van der Waals surface area (Å²) in [6.45, 7) is 0.966. The molecule has 0 spiro atoms. The predicted octanol–water partition coefficient (Wildman–Crippen LogP) is 6.95. The molecule has 3 aromatic carbocycles. The predicted molar refractivity (Wildman–Crippen MR) is 109 cm³/mol. The van der Waals surface area contributed by atoms with Crippen molar-refractivity contribution in [2.24, 2.45) is 0 Å². The van der Waals surface area contributed by atoms with E-state index < -0.39 is 0 Å². The minimum Gasteiger partial charge on any atom is -0.488 e. The minimum absolute atomic E-state index is 0.318. The van der Waals surface area contributed by atoms with Gasteiger partial charge in [-0.1, -0.05) is 63.4 Å². The molecule has 2 nitrogen and oxygen atoms in total. The highest BCUT2D eigenvalue weighted by Crippen LogP contribution is 2.29. The Morgan fingerprint density at radius 2 is 1.60 bits per heavy atom. The normalized spacial score (nSPS) is 10.5. The van der Waals surface area contributed by atoms with Crippen LogP contribution < -0.4 is 10.1 Å². The highest BCUT2D eigenvalue weighted by molar-refractivity contribution is 9.10. The standard InChI is InChI=1S/C20H16BrCl2NO/c21-15-9-10-20(25-13-17-18(22)7-4-8-19(17)23)14(11-15)12-24-16-5-2-1-3-6-16/h1-11,24H,12-13H2. The van der Waals surface area contributed by atoms with Crippen LogP contribution in [0.3, 0.4) is 0 Å². The molecule has 128 valence electrons. The molecule has 0 aliphatic rings. The van der Waals surface area contributed by atoms with Gasteiger partial charge in [0.1, 0.15) is 12.4 Å². The SMILES string of the molecule is Clc1cccc(Cl)c1COc1ccc(Br)cc1CNc1ccccc1. The van der Waals surface area contributed by atoms with E-state index in [0.29, 0.717) is 23.2 Å². The van der Waals surface area contributed by atoms with E-state index in [0.717, 1.165) is 27.0 Å². The van der Waals surface area contributed by atoms with Gasteiger partial charge in [-0.05, 0) is 42.5 Å². The maximum absolute atomic E-state index is 6.22. The van der Waals surface area contributed by atoms with E-state index in [1.165, 1.54) is 0 Å². The summed E-state index contributed by atoms with van der Waals surface area (Å²) < 4.78 is 7.00. The van der Waals surface area contributed by atoms with Crippen molar-refractivity contribution >= 4 is 44.8 Å². The molecule has 3 aromatic rings. The lowest BCUT2D eigenvalue weighted by molar-refractivity contribution is 0.303. The maximum atomic E-state index is 6.22. The van der Waals surface area contributed by atoms with Gasteiger partial charge in [-0.15, -0.1) is 0 Å². The van der Waals surface area contributed by atoms with Crippen molar-refractivity contribution in [2.75, 3.05) is 5.32 Å². The first-order chi connectivity index (χ1) is 12.1. The number of nitrogens with one attached hydrogen (secondary N) is 1. The lowest BCUT2D eigenvalue weighted by Crippen LogP contribution is -2.04. The highest BCUT2D eigenvalue weighted by Gasteiger charge is 2.09. The van der Waals surface area contributed by atoms with Crippen LogP contribution in [-0.4, -0.2) is 0 Å². The zero-order valence-corrected chi connectivity index (χ0v) is 16.4. The number of ether oxygens (including phenoxy) is 1. The van der Waals surface area contributed by atoms with Crippen LogP contribution in [0.4, 0.5) is 5.69 Å². The first-order valence-electron chi connectivity index (χ1n) is 7.76. The quantitative estimate of drug-likeness (QED) is 0.451. The van der Waals surface area contributed by atoms with Gasteiger partial charge < -0.3 is 10.1 Å². The number of rotatable bonds is 6. The van der Waals surface area contributed by atoms with Crippen LogP contribution in [0.2, 0.25) is 10.0 Å². The van der Waals surface area contributed by atoms with Gasteiger partial charge in [0.05, 0.1) is 0 Å². The molecule has 25 heavy (non-hydrogen) atoms. The first-order valence-corrected chi connectivity index (χ1v) is 9.31. The molecular formula is C20H16BrCl2NO. The fourth-order valence-electron chi connectivity index (χ4n) is 2.40. The molecule has 0 heterocycles. The number of hydrogen-bond acceptors (Lipinski definition) is 2. The zero-order chi connectivity index (χ0) is 17.6. The fourth-order valence-corrected chi connectivity index (χ4v) is 3.32. The third-order valence-corrected chi connectivity index (χ3v) is 4.91. The van der Waals surface area contributed by atoms with Gasteiger partial charge in [0.15, 0.2) is 0 Å². The topological polar surface area (TPSA) is 21.3 Å². The lowest BCUT2D eigenvalue weighted by Gasteiger charge is -2.15. The van der Waals surface area contributed by atoms with Crippen molar-refractivity contribution in [1.29, 1.82) is 0 Å².